The molecule has 0 aromatic carbocycles. The average molecular weight is 1030 g/mol. The topological polar surface area (TPSA) is 230 Å². The van der Waals surface area contributed by atoms with Gasteiger partial charge in [-0.05, 0) is 6.42 Å². The van der Waals surface area contributed by atoms with Gasteiger partial charge in [-0.1, -0.05) is 0 Å². The molecule has 0 aromatic heterocycles. The first-order valence-corrected chi connectivity index (χ1v) is 23.5. The number of phosphoric ester groups is 1. The van der Waals surface area contributed by atoms with E-state index in [1.165, 1.54) is 0 Å². The zero-order valence-corrected chi connectivity index (χ0v) is 40.4. The van der Waals surface area contributed by atoms with Crippen LogP contribution in [0.5, 0.6) is 0 Å². The lowest BCUT2D eigenvalue weighted by Crippen LogP contribution is -2.48. The summed E-state index contributed by atoms with van der Waals surface area (Å²) in [7, 11) is 0.628. The fourth-order valence-electron chi connectivity index (χ4n) is 5.10. The standard InChI is InChI=1S/C40H74F6NO20P/c1-47(2,3)35(30-67-68(50,51)52)4-5-36(37(48)31-63-26-22-59-18-14-55-10-6-53-8-12-57-16-20-61-24-28-65-33-39(41,42)43)38(49)32-64-27-23-60-19-15-56-11-7-54-9-13-58-17-21-62-25-29-66-34-40(44,45)46/h35-36H,4-34H2,1-3H3,(H-,50,51,52)/p+1. The molecule has 0 spiro atoms. The zero-order valence-electron chi connectivity index (χ0n) is 39.5. The van der Waals surface area contributed by atoms with Crippen LogP contribution in [-0.2, 0) is 85.0 Å². The van der Waals surface area contributed by atoms with E-state index in [4.69, 9.17) is 61.4 Å². The van der Waals surface area contributed by atoms with Gasteiger partial charge in [0.15, 0.2) is 11.6 Å². The normalized spacial score (nSPS) is 13.2. The van der Waals surface area contributed by atoms with Gasteiger partial charge in [-0.25, -0.2) is 4.57 Å². The van der Waals surface area contributed by atoms with E-state index in [1.807, 2.05) is 0 Å². The molecule has 0 aliphatic heterocycles. The smallest absolute Gasteiger partial charge is 0.377 e. The van der Waals surface area contributed by atoms with Crippen molar-refractivity contribution in [1.82, 2.24) is 0 Å². The predicted octanol–water partition coefficient (Wildman–Crippen LogP) is 2.06. The maximum absolute atomic E-state index is 13.2. The molecule has 68 heavy (non-hydrogen) atoms. The highest BCUT2D eigenvalue weighted by Crippen LogP contribution is 2.36. The second-order valence-electron chi connectivity index (χ2n) is 15.2. The predicted molar refractivity (Wildman–Crippen MR) is 226 cm³/mol. The SMILES string of the molecule is C[N+](C)(C)C(CCC(C(=O)COCCOCCOCCOCCOCCOCCOCC(F)(F)F)C(=O)COCCOCCOCCOCCOCCOCCOCC(F)(F)F)COP(=O)(O)O. The molecule has 0 heterocycles. The molecule has 0 saturated heterocycles. The quantitative estimate of drug-likeness (QED) is 0.0292. The summed E-state index contributed by atoms with van der Waals surface area (Å²) in [6.45, 7) is 0.823. The lowest BCUT2D eigenvalue weighted by molar-refractivity contribution is -0.896. The fraction of sp³-hybridized carbons (Fsp3) is 0.950. The lowest BCUT2D eigenvalue weighted by atomic mass is 9.91. The van der Waals surface area contributed by atoms with E-state index in [0.29, 0.717) is 52.9 Å². The van der Waals surface area contributed by atoms with Crippen LogP contribution < -0.4 is 0 Å². The van der Waals surface area contributed by atoms with Gasteiger partial charge in [0, 0.05) is 6.42 Å². The van der Waals surface area contributed by atoms with Gasteiger partial charge in [0.1, 0.15) is 39.1 Å². The van der Waals surface area contributed by atoms with Crippen molar-refractivity contribution in [3.05, 3.63) is 0 Å². The molecule has 0 saturated carbocycles. The van der Waals surface area contributed by atoms with Gasteiger partial charge in [0.05, 0.1) is 186 Å². The summed E-state index contributed by atoms with van der Waals surface area (Å²) in [5.74, 6) is -2.10. The largest absolute Gasteiger partial charge is 0.469 e. The molecule has 28 heteroatoms. The van der Waals surface area contributed by atoms with Gasteiger partial charge in [0.25, 0.3) is 0 Å². The monoisotopic (exact) mass is 1030 g/mol. The van der Waals surface area contributed by atoms with Gasteiger partial charge in [-0.2, -0.15) is 26.3 Å². The summed E-state index contributed by atoms with van der Waals surface area (Å²) in [6.07, 6.45) is -8.46. The van der Waals surface area contributed by atoms with Gasteiger partial charge in [-0.15, -0.1) is 0 Å². The van der Waals surface area contributed by atoms with Crippen molar-refractivity contribution < 1.29 is 126 Å². The van der Waals surface area contributed by atoms with Crippen molar-refractivity contribution >= 4 is 19.4 Å². The van der Waals surface area contributed by atoms with E-state index in [2.05, 4.69) is 9.47 Å². The van der Waals surface area contributed by atoms with E-state index in [-0.39, 0.29) is 143 Å². The number of alkyl halides is 6. The minimum Gasteiger partial charge on any atom is -0.377 e. The Morgan fingerprint density at radius 1 is 0.426 bits per heavy atom. The third kappa shape index (κ3) is 48.1. The molecule has 21 nitrogen and oxygen atoms in total. The number of ether oxygens (including phenoxy) is 14. The molecule has 0 radical (unpaired) electrons. The third-order valence-electron chi connectivity index (χ3n) is 8.58. The first-order chi connectivity index (χ1) is 32.2. The van der Waals surface area contributed by atoms with Crippen molar-refractivity contribution in [3.8, 4) is 0 Å². The minimum absolute atomic E-state index is 0.0263. The number of likely N-dealkylation sites (N-methyl/N-ethyl adjacent to an activating group) is 1. The summed E-state index contributed by atoms with van der Waals surface area (Å²) in [6, 6.07) is -0.467. The lowest BCUT2D eigenvalue weighted by Gasteiger charge is -2.34. The van der Waals surface area contributed by atoms with Crippen LogP contribution in [0, 0.1) is 5.92 Å². The molecule has 0 amide bonds. The number of ketones is 2. The van der Waals surface area contributed by atoms with Gasteiger partial charge < -0.3 is 80.6 Å². The van der Waals surface area contributed by atoms with Crippen LogP contribution in [-0.4, -0.2) is 257 Å². The van der Waals surface area contributed by atoms with Crippen molar-refractivity contribution in [2.45, 2.75) is 31.2 Å². The van der Waals surface area contributed by atoms with Crippen LogP contribution in [0.4, 0.5) is 26.3 Å². The number of quaternary nitrogens is 1. The molecule has 0 fully saturated rings. The molecule has 0 aliphatic carbocycles. The van der Waals surface area contributed by atoms with E-state index >= 15 is 0 Å². The van der Waals surface area contributed by atoms with Crippen LogP contribution in [0.15, 0.2) is 0 Å². The summed E-state index contributed by atoms with van der Waals surface area (Å²) in [5, 5.41) is 0. The fourth-order valence-corrected chi connectivity index (χ4v) is 5.46. The average Bonchev–Trinajstić information content (AvgIpc) is 3.24. The van der Waals surface area contributed by atoms with Crippen LogP contribution >= 0.6 is 7.82 Å². The number of nitrogens with zero attached hydrogens (tertiary/aromatic N) is 1. The number of rotatable bonds is 51. The number of hydrogen-bond acceptors (Lipinski definition) is 18. The Kier molecular flexibility index (Phi) is 41.0. The Morgan fingerprint density at radius 3 is 0.882 bits per heavy atom. The Hall–Kier alpha value is -1.57. The van der Waals surface area contributed by atoms with E-state index < -0.39 is 56.9 Å². The van der Waals surface area contributed by atoms with Crippen LogP contribution in [0.3, 0.4) is 0 Å². The maximum atomic E-state index is 13.2. The number of hydrogen-bond donors (Lipinski definition) is 2. The molecule has 0 aliphatic rings. The van der Waals surface area contributed by atoms with Crippen molar-refractivity contribution in [3.63, 3.8) is 0 Å². The second-order valence-corrected chi connectivity index (χ2v) is 16.4. The Morgan fingerprint density at radius 2 is 0.662 bits per heavy atom. The molecule has 0 rings (SSSR count). The van der Waals surface area contributed by atoms with Gasteiger partial charge in [-0.3, -0.25) is 14.1 Å². The maximum Gasteiger partial charge on any atom is 0.469 e. The molecular weight excluding hydrogens is 959 g/mol. The third-order valence-corrected chi connectivity index (χ3v) is 9.07. The van der Waals surface area contributed by atoms with Crippen LogP contribution in [0.1, 0.15) is 12.8 Å². The summed E-state index contributed by atoms with van der Waals surface area (Å²) in [4.78, 5) is 45.0. The molecule has 2 N–H and O–H groups in total. The van der Waals surface area contributed by atoms with E-state index in [1.54, 1.807) is 21.1 Å². The number of Topliss-reactive ketones (excluding diaryl/α,β-unsaturated/α-hetero) is 2. The molecule has 0 bridgehead atoms. The highest BCUT2D eigenvalue weighted by Gasteiger charge is 2.33. The molecule has 1 unspecified atom stereocenters. The first kappa shape index (κ1) is 66.4. The van der Waals surface area contributed by atoms with E-state index in [9.17, 15) is 50.3 Å². The van der Waals surface area contributed by atoms with Gasteiger partial charge in [0.2, 0.25) is 0 Å². The first-order valence-electron chi connectivity index (χ1n) is 22.0. The molecular formula is C40H75F6NO20P+. The minimum atomic E-state index is -4.76. The Bertz CT molecular complexity index is 1180. The molecule has 0 aromatic rings. The Labute approximate surface area is 394 Å². The van der Waals surface area contributed by atoms with Crippen molar-refractivity contribution in [2.24, 2.45) is 5.92 Å². The van der Waals surface area contributed by atoms with Crippen molar-refractivity contribution in [1.29, 1.82) is 0 Å². The second kappa shape index (κ2) is 42.0. The number of phosphoric acid groups is 1. The summed E-state index contributed by atoms with van der Waals surface area (Å²) >= 11 is 0. The molecule has 406 valence electrons. The molecule has 1 atom stereocenters. The summed E-state index contributed by atoms with van der Waals surface area (Å²) in [5.41, 5.74) is 0. The van der Waals surface area contributed by atoms with E-state index in [0.717, 1.165) is 0 Å². The number of carbonyl (C=O) groups is 2. The number of halogens is 6. The Balaban J connectivity index is 4.26. The number of carbonyl (C=O) groups excluding carboxylic acids is 2. The highest BCUT2D eigenvalue weighted by atomic mass is 31.2. The summed E-state index contributed by atoms with van der Waals surface area (Å²) < 4.78 is 161. The van der Waals surface area contributed by atoms with Crippen LogP contribution in [0.2, 0.25) is 0 Å². The zero-order chi connectivity index (χ0) is 50.8. The van der Waals surface area contributed by atoms with Crippen molar-refractivity contribution in [2.75, 3.05) is 213 Å². The highest BCUT2D eigenvalue weighted by molar-refractivity contribution is 7.46. The van der Waals surface area contributed by atoms with Crippen LogP contribution in [0.25, 0.3) is 0 Å². The van der Waals surface area contributed by atoms with Gasteiger partial charge >= 0.3 is 20.2 Å².